The second-order valence-electron chi connectivity index (χ2n) is 10.5. The maximum Gasteiger partial charge on any atom is 0.339 e. The molecule has 2 aromatic rings. The largest absolute Gasteiger partial charge is 0.493 e. The van der Waals surface area contributed by atoms with Gasteiger partial charge in [0.25, 0.3) is 5.91 Å². The van der Waals surface area contributed by atoms with E-state index in [1.165, 1.54) is 11.3 Å². The summed E-state index contributed by atoms with van der Waals surface area (Å²) in [4.78, 5) is 26.2. The van der Waals surface area contributed by atoms with Crippen LogP contribution in [0.2, 0.25) is 0 Å². The summed E-state index contributed by atoms with van der Waals surface area (Å²) in [5.74, 6) is -0.269. The molecule has 0 aliphatic heterocycles. The second-order valence-corrected chi connectivity index (χ2v) is 11.5. The van der Waals surface area contributed by atoms with E-state index in [1.807, 2.05) is 0 Å². The summed E-state index contributed by atoms with van der Waals surface area (Å²) in [5.41, 5.74) is 1.40. The Kier molecular flexibility index (Phi) is 7.54. The number of nitrogens with one attached hydrogen (secondary N) is 1. The van der Waals surface area contributed by atoms with Gasteiger partial charge in [0.1, 0.15) is 10.8 Å². The van der Waals surface area contributed by atoms with E-state index in [0.717, 1.165) is 23.3 Å². The van der Waals surface area contributed by atoms with Gasteiger partial charge in [0.05, 0.1) is 12.2 Å². The summed E-state index contributed by atoms with van der Waals surface area (Å²) >= 11 is 1.39. The van der Waals surface area contributed by atoms with Gasteiger partial charge in [0, 0.05) is 24.2 Å². The molecule has 1 amide bonds. The zero-order chi connectivity index (χ0) is 24.4. The number of carbonyl (C=O) groups excluding carboxylic acids is 1. The predicted molar refractivity (Wildman–Crippen MR) is 132 cm³/mol. The molecule has 0 saturated carbocycles. The van der Waals surface area contributed by atoms with Crippen molar-refractivity contribution in [2.24, 2.45) is 11.3 Å². The number of carbonyl (C=O) groups is 2. The maximum atomic E-state index is 12.9. The molecule has 0 saturated heterocycles. The van der Waals surface area contributed by atoms with E-state index in [0.29, 0.717) is 41.9 Å². The lowest BCUT2D eigenvalue weighted by molar-refractivity contribution is 0.0696. The average molecular weight is 474 g/mol. The lowest BCUT2D eigenvalue weighted by Crippen LogP contribution is -2.34. The smallest absolute Gasteiger partial charge is 0.339 e. The van der Waals surface area contributed by atoms with Crippen molar-refractivity contribution in [3.05, 3.63) is 45.8 Å². The summed E-state index contributed by atoms with van der Waals surface area (Å²) in [7, 11) is 1.68. The highest BCUT2D eigenvalue weighted by atomic mass is 32.1. The second kappa shape index (κ2) is 9.85. The van der Waals surface area contributed by atoms with Crippen LogP contribution in [-0.2, 0) is 16.6 Å². The van der Waals surface area contributed by atoms with Gasteiger partial charge in [-0.1, -0.05) is 34.6 Å². The average Bonchev–Trinajstić information content (AvgIpc) is 3.08. The summed E-state index contributed by atoms with van der Waals surface area (Å²) in [6.45, 7) is 12.0. The standard InChI is InChI=1S/C26H35NO5S/c1-16(11-12-31-6)14-32-18-9-7-17(8-10-18)22(28)27-23-20(24(29)30)19-13-25(2,3)15-26(4,5)21(19)33-23/h7-10,16H,11-15H2,1-6H3,(H,27,28)(H,29,30). The molecule has 0 bridgehead atoms. The van der Waals surface area contributed by atoms with Crippen LogP contribution in [0.25, 0.3) is 0 Å². The first kappa shape index (κ1) is 25.2. The highest BCUT2D eigenvalue weighted by molar-refractivity contribution is 7.17. The SMILES string of the molecule is COCCC(C)COc1ccc(C(=O)Nc2sc3c(c2C(=O)O)CC(C)(C)CC3(C)C)cc1. The quantitative estimate of drug-likeness (QED) is 0.467. The third-order valence-electron chi connectivity index (χ3n) is 6.10. The van der Waals surface area contributed by atoms with Gasteiger partial charge >= 0.3 is 5.97 Å². The van der Waals surface area contributed by atoms with Crippen LogP contribution in [0, 0.1) is 11.3 Å². The van der Waals surface area contributed by atoms with Crippen LogP contribution in [0.3, 0.4) is 0 Å². The zero-order valence-electron chi connectivity index (χ0n) is 20.4. The lowest BCUT2D eigenvalue weighted by atomic mass is 9.65. The van der Waals surface area contributed by atoms with Crippen LogP contribution in [-0.4, -0.2) is 37.3 Å². The topological polar surface area (TPSA) is 84.9 Å². The van der Waals surface area contributed by atoms with E-state index in [4.69, 9.17) is 9.47 Å². The number of hydrogen-bond acceptors (Lipinski definition) is 5. The molecule has 1 unspecified atom stereocenters. The van der Waals surface area contributed by atoms with Crippen molar-refractivity contribution in [1.29, 1.82) is 0 Å². The molecule has 7 heteroatoms. The first-order chi connectivity index (χ1) is 15.4. The Hall–Kier alpha value is -2.38. The number of carboxylic acid groups (broad SMARTS) is 1. The fourth-order valence-corrected chi connectivity index (χ4v) is 6.14. The highest BCUT2D eigenvalue weighted by Gasteiger charge is 2.42. The molecule has 3 rings (SSSR count). The Bertz CT molecular complexity index is 1010. The van der Waals surface area contributed by atoms with E-state index in [-0.39, 0.29) is 22.3 Å². The van der Waals surface area contributed by atoms with Crippen LogP contribution in [0.5, 0.6) is 5.75 Å². The summed E-state index contributed by atoms with van der Waals surface area (Å²) < 4.78 is 10.9. The van der Waals surface area contributed by atoms with Gasteiger partial charge in [-0.25, -0.2) is 4.79 Å². The van der Waals surface area contributed by atoms with Crippen molar-refractivity contribution in [3.63, 3.8) is 0 Å². The van der Waals surface area contributed by atoms with Crippen LogP contribution in [0.4, 0.5) is 5.00 Å². The molecule has 1 aromatic carbocycles. The van der Waals surface area contributed by atoms with Gasteiger partial charge in [-0.05, 0) is 65.8 Å². The zero-order valence-corrected chi connectivity index (χ0v) is 21.2. The van der Waals surface area contributed by atoms with Crippen molar-refractivity contribution >= 4 is 28.2 Å². The van der Waals surface area contributed by atoms with Crippen LogP contribution >= 0.6 is 11.3 Å². The number of rotatable bonds is 9. The minimum Gasteiger partial charge on any atom is -0.493 e. The third kappa shape index (κ3) is 5.95. The summed E-state index contributed by atoms with van der Waals surface area (Å²) in [5, 5.41) is 13.2. The van der Waals surface area contributed by atoms with Gasteiger partial charge in [-0.15, -0.1) is 11.3 Å². The van der Waals surface area contributed by atoms with Gasteiger partial charge < -0.3 is 19.9 Å². The van der Waals surface area contributed by atoms with Crippen molar-refractivity contribution in [3.8, 4) is 5.75 Å². The predicted octanol–water partition coefficient (Wildman–Crippen LogP) is 6.00. The minimum absolute atomic E-state index is 0.0000555. The van der Waals surface area contributed by atoms with Gasteiger partial charge in [0.2, 0.25) is 0 Å². The van der Waals surface area contributed by atoms with E-state index in [9.17, 15) is 14.7 Å². The Labute approximate surface area is 200 Å². The Morgan fingerprint density at radius 2 is 1.85 bits per heavy atom. The fourth-order valence-electron chi connectivity index (χ4n) is 4.83. The normalized spacial score (nSPS) is 17.2. The molecular formula is C26H35NO5S. The van der Waals surface area contributed by atoms with Crippen molar-refractivity contribution in [2.45, 2.75) is 59.3 Å². The van der Waals surface area contributed by atoms with Crippen LogP contribution in [0.1, 0.15) is 78.6 Å². The molecule has 1 atom stereocenters. The number of hydrogen-bond donors (Lipinski definition) is 2. The molecule has 0 fully saturated rings. The first-order valence-corrected chi connectivity index (χ1v) is 12.2. The number of amides is 1. The number of benzene rings is 1. The van der Waals surface area contributed by atoms with E-state index in [2.05, 4.69) is 39.9 Å². The molecule has 0 spiro atoms. The summed E-state index contributed by atoms with van der Waals surface area (Å²) in [6, 6.07) is 6.93. The number of anilines is 1. The van der Waals surface area contributed by atoms with Gasteiger partial charge in [0.15, 0.2) is 0 Å². The fraction of sp³-hybridized carbons (Fsp3) is 0.538. The lowest BCUT2D eigenvalue weighted by Gasteiger charge is -2.40. The van der Waals surface area contributed by atoms with Crippen molar-refractivity contribution < 1.29 is 24.2 Å². The molecule has 1 aliphatic rings. The van der Waals surface area contributed by atoms with Gasteiger partial charge in [-0.3, -0.25) is 4.79 Å². The molecule has 6 nitrogen and oxygen atoms in total. The van der Waals surface area contributed by atoms with Crippen LogP contribution < -0.4 is 10.1 Å². The third-order valence-corrected chi connectivity index (χ3v) is 7.62. The minimum atomic E-state index is -0.998. The Balaban J connectivity index is 1.76. The Morgan fingerprint density at radius 1 is 1.18 bits per heavy atom. The molecule has 180 valence electrons. The summed E-state index contributed by atoms with van der Waals surface area (Å²) in [6.07, 6.45) is 2.57. The number of carboxylic acids is 1. The maximum absolute atomic E-state index is 12.9. The highest BCUT2D eigenvalue weighted by Crippen LogP contribution is 2.52. The van der Waals surface area contributed by atoms with E-state index >= 15 is 0 Å². The molecule has 0 radical (unpaired) electrons. The number of aromatic carboxylic acids is 1. The van der Waals surface area contributed by atoms with Crippen molar-refractivity contribution in [1.82, 2.24) is 0 Å². The number of methoxy groups -OCH3 is 1. The van der Waals surface area contributed by atoms with Crippen molar-refractivity contribution in [2.75, 3.05) is 25.6 Å². The molecule has 1 aliphatic carbocycles. The van der Waals surface area contributed by atoms with E-state index in [1.54, 1.807) is 31.4 Å². The van der Waals surface area contributed by atoms with E-state index < -0.39 is 5.97 Å². The monoisotopic (exact) mass is 473 g/mol. The first-order valence-electron chi connectivity index (χ1n) is 11.4. The molecular weight excluding hydrogens is 438 g/mol. The number of fused-ring (bicyclic) bond motifs is 1. The molecule has 1 aromatic heterocycles. The molecule has 2 N–H and O–H groups in total. The number of ether oxygens (including phenoxy) is 2. The van der Waals surface area contributed by atoms with Crippen LogP contribution in [0.15, 0.2) is 24.3 Å². The number of thiophene rings is 1. The Morgan fingerprint density at radius 3 is 2.45 bits per heavy atom. The van der Waals surface area contributed by atoms with Gasteiger partial charge in [-0.2, -0.15) is 0 Å². The molecule has 33 heavy (non-hydrogen) atoms. The molecule has 1 heterocycles.